The van der Waals surface area contributed by atoms with E-state index in [1.165, 1.54) is 52.0 Å². The van der Waals surface area contributed by atoms with Crippen LogP contribution in [0, 0.1) is 5.92 Å². The molecular formula is C14H27N3. The quantitative estimate of drug-likeness (QED) is 0.738. The zero-order valence-electron chi connectivity index (χ0n) is 11.4. The molecule has 0 aromatic carbocycles. The molecule has 3 aliphatic rings. The van der Waals surface area contributed by atoms with Crippen molar-refractivity contribution in [2.24, 2.45) is 5.92 Å². The van der Waals surface area contributed by atoms with Crippen LogP contribution in [-0.2, 0) is 0 Å². The van der Waals surface area contributed by atoms with Crippen LogP contribution in [0.5, 0.6) is 0 Å². The van der Waals surface area contributed by atoms with Gasteiger partial charge in [-0.3, -0.25) is 9.80 Å². The van der Waals surface area contributed by atoms with E-state index in [0.717, 1.165) is 24.0 Å². The minimum Gasteiger partial charge on any atom is -0.316 e. The number of nitrogens with zero attached hydrogens (tertiary/aromatic N) is 2. The maximum absolute atomic E-state index is 3.53. The van der Waals surface area contributed by atoms with Crippen LogP contribution in [-0.4, -0.2) is 60.6 Å². The van der Waals surface area contributed by atoms with Crippen molar-refractivity contribution in [3.05, 3.63) is 0 Å². The fourth-order valence-corrected chi connectivity index (χ4v) is 4.17. The summed E-state index contributed by atoms with van der Waals surface area (Å²) in [6.07, 6.45) is 4.20. The lowest BCUT2D eigenvalue weighted by atomic mass is 9.91. The van der Waals surface area contributed by atoms with Crippen LogP contribution in [0.25, 0.3) is 0 Å². The first-order chi connectivity index (χ1) is 8.25. The molecule has 1 N–H and O–H groups in total. The van der Waals surface area contributed by atoms with E-state index in [0.29, 0.717) is 0 Å². The van der Waals surface area contributed by atoms with Gasteiger partial charge >= 0.3 is 0 Å². The predicted molar refractivity (Wildman–Crippen MR) is 71.2 cm³/mol. The fourth-order valence-electron chi connectivity index (χ4n) is 4.17. The van der Waals surface area contributed by atoms with Gasteiger partial charge < -0.3 is 5.32 Å². The average molecular weight is 237 g/mol. The third-order valence-electron chi connectivity index (χ3n) is 5.15. The van der Waals surface area contributed by atoms with Crippen molar-refractivity contribution in [1.29, 1.82) is 0 Å². The van der Waals surface area contributed by atoms with E-state index in [-0.39, 0.29) is 0 Å². The smallest absolute Gasteiger partial charge is 0.0224 e. The third-order valence-corrected chi connectivity index (χ3v) is 5.15. The van der Waals surface area contributed by atoms with Crippen molar-refractivity contribution < 1.29 is 0 Å². The predicted octanol–water partition coefficient (Wildman–Crippen LogP) is 1.15. The Bertz CT molecular complexity index is 268. The zero-order valence-corrected chi connectivity index (χ0v) is 11.4. The summed E-state index contributed by atoms with van der Waals surface area (Å²) in [5.41, 5.74) is 0. The second-order valence-electron chi connectivity index (χ2n) is 6.37. The standard InChI is InChI=1S/C14H27N3/c1-11-8-15-6-5-14(11)17-10-13-4-3-7-16(13)9-12(17)2/h11-15H,3-10H2,1-2H3. The van der Waals surface area contributed by atoms with Gasteiger partial charge in [-0.1, -0.05) is 6.92 Å². The highest BCUT2D eigenvalue weighted by Crippen LogP contribution is 2.29. The van der Waals surface area contributed by atoms with Crippen molar-refractivity contribution in [2.45, 2.75) is 51.2 Å². The zero-order chi connectivity index (χ0) is 11.8. The Balaban J connectivity index is 1.69. The molecular weight excluding hydrogens is 210 g/mol. The van der Waals surface area contributed by atoms with Crippen LogP contribution >= 0.6 is 0 Å². The third kappa shape index (κ3) is 2.25. The Morgan fingerprint density at radius 3 is 2.82 bits per heavy atom. The van der Waals surface area contributed by atoms with Gasteiger partial charge in [0.25, 0.3) is 0 Å². The van der Waals surface area contributed by atoms with Gasteiger partial charge in [-0.25, -0.2) is 0 Å². The summed E-state index contributed by atoms with van der Waals surface area (Å²) in [7, 11) is 0. The maximum atomic E-state index is 3.53. The van der Waals surface area contributed by atoms with Gasteiger partial charge in [0.1, 0.15) is 0 Å². The summed E-state index contributed by atoms with van der Waals surface area (Å²) in [4.78, 5) is 5.56. The summed E-state index contributed by atoms with van der Waals surface area (Å²) in [5, 5.41) is 3.53. The molecule has 0 aromatic rings. The monoisotopic (exact) mass is 237 g/mol. The van der Waals surface area contributed by atoms with Crippen LogP contribution in [0.2, 0.25) is 0 Å². The maximum Gasteiger partial charge on any atom is 0.0224 e. The molecule has 3 heteroatoms. The second kappa shape index (κ2) is 4.87. The first-order valence-corrected chi connectivity index (χ1v) is 7.46. The Morgan fingerprint density at radius 2 is 2.00 bits per heavy atom. The van der Waals surface area contributed by atoms with Crippen molar-refractivity contribution in [1.82, 2.24) is 15.1 Å². The molecule has 0 aromatic heterocycles. The molecule has 17 heavy (non-hydrogen) atoms. The molecule has 3 aliphatic heterocycles. The van der Waals surface area contributed by atoms with E-state index in [2.05, 4.69) is 29.0 Å². The molecule has 4 atom stereocenters. The van der Waals surface area contributed by atoms with Crippen molar-refractivity contribution in [3.8, 4) is 0 Å². The molecule has 0 aliphatic carbocycles. The van der Waals surface area contributed by atoms with Crippen LogP contribution in [0.3, 0.4) is 0 Å². The van der Waals surface area contributed by atoms with E-state index in [9.17, 15) is 0 Å². The summed E-state index contributed by atoms with van der Waals surface area (Å²) in [5.74, 6) is 0.819. The van der Waals surface area contributed by atoms with Crippen LogP contribution < -0.4 is 5.32 Å². The Morgan fingerprint density at radius 1 is 1.12 bits per heavy atom. The number of nitrogens with one attached hydrogen (secondary N) is 1. The minimum absolute atomic E-state index is 0.759. The normalized spacial score (nSPS) is 44.8. The van der Waals surface area contributed by atoms with Gasteiger partial charge in [-0.05, 0) is 51.7 Å². The van der Waals surface area contributed by atoms with Crippen LogP contribution in [0.1, 0.15) is 33.1 Å². The number of rotatable bonds is 1. The summed E-state index contributed by atoms with van der Waals surface area (Å²) >= 11 is 0. The van der Waals surface area contributed by atoms with Gasteiger partial charge in [0.15, 0.2) is 0 Å². The van der Waals surface area contributed by atoms with E-state index >= 15 is 0 Å². The summed E-state index contributed by atoms with van der Waals surface area (Å²) < 4.78 is 0. The highest BCUT2D eigenvalue weighted by Gasteiger charge is 2.39. The molecule has 0 radical (unpaired) electrons. The molecule has 3 rings (SSSR count). The lowest BCUT2D eigenvalue weighted by Crippen LogP contribution is -2.61. The lowest BCUT2D eigenvalue weighted by molar-refractivity contribution is 0.00168. The number of hydrogen-bond acceptors (Lipinski definition) is 3. The molecule has 98 valence electrons. The molecule has 0 spiro atoms. The molecule has 3 nitrogen and oxygen atoms in total. The van der Waals surface area contributed by atoms with E-state index in [1.54, 1.807) is 0 Å². The largest absolute Gasteiger partial charge is 0.316 e. The fraction of sp³-hybridized carbons (Fsp3) is 1.00. The second-order valence-corrected chi connectivity index (χ2v) is 6.37. The van der Waals surface area contributed by atoms with Gasteiger partial charge in [0.05, 0.1) is 0 Å². The van der Waals surface area contributed by atoms with Crippen molar-refractivity contribution in [2.75, 3.05) is 32.7 Å². The van der Waals surface area contributed by atoms with Gasteiger partial charge in [-0.2, -0.15) is 0 Å². The molecule has 0 bridgehead atoms. The average Bonchev–Trinajstić information content (AvgIpc) is 2.76. The van der Waals surface area contributed by atoms with Gasteiger partial charge in [0, 0.05) is 31.2 Å². The highest BCUT2D eigenvalue weighted by molar-refractivity contribution is 4.95. The highest BCUT2D eigenvalue weighted by atomic mass is 15.3. The van der Waals surface area contributed by atoms with E-state index in [1.807, 2.05) is 0 Å². The van der Waals surface area contributed by atoms with Gasteiger partial charge in [0.2, 0.25) is 0 Å². The molecule has 0 saturated carbocycles. The Kier molecular flexibility index (Phi) is 3.42. The minimum atomic E-state index is 0.759. The summed E-state index contributed by atoms with van der Waals surface area (Å²) in [6, 6.07) is 2.46. The Labute approximate surface area is 106 Å². The molecule has 3 fully saturated rings. The first kappa shape index (κ1) is 11.9. The van der Waals surface area contributed by atoms with E-state index < -0.39 is 0 Å². The number of piperidine rings is 1. The topological polar surface area (TPSA) is 18.5 Å². The molecule has 0 amide bonds. The molecule has 4 unspecified atom stereocenters. The molecule has 3 saturated heterocycles. The molecule has 3 heterocycles. The lowest BCUT2D eigenvalue weighted by Gasteiger charge is -2.49. The van der Waals surface area contributed by atoms with Crippen molar-refractivity contribution >= 4 is 0 Å². The SMILES string of the molecule is CC1CNCCC1N1CC2CCCN2CC1C. The first-order valence-electron chi connectivity index (χ1n) is 7.46. The number of fused-ring (bicyclic) bond motifs is 1. The Hall–Kier alpha value is -0.120. The van der Waals surface area contributed by atoms with Crippen LogP contribution in [0.4, 0.5) is 0 Å². The van der Waals surface area contributed by atoms with Gasteiger partial charge in [-0.15, -0.1) is 0 Å². The van der Waals surface area contributed by atoms with Crippen LogP contribution in [0.15, 0.2) is 0 Å². The van der Waals surface area contributed by atoms with Crippen molar-refractivity contribution in [3.63, 3.8) is 0 Å². The summed E-state index contributed by atoms with van der Waals surface area (Å²) in [6.45, 7) is 11.3. The number of hydrogen-bond donors (Lipinski definition) is 1. The number of piperazine rings is 1. The van der Waals surface area contributed by atoms with E-state index in [4.69, 9.17) is 0 Å².